The monoisotopic (exact) mass is 552 g/mol. The molecule has 0 radical (unpaired) electrons. The second kappa shape index (κ2) is 11.6. The van der Waals surface area contributed by atoms with E-state index in [0.717, 1.165) is 0 Å². The molecule has 1 aliphatic heterocycles. The van der Waals surface area contributed by atoms with Crippen molar-refractivity contribution in [3.8, 4) is 29.6 Å². The fraction of sp³-hybridized carbons (Fsp3) is 0.250. The van der Waals surface area contributed by atoms with Gasteiger partial charge in [0.2, 0.25) is 0 Å². The number of hydrogen-bond acceptors (Lipinski definition) is 8. The number of aromatic nitrogens is 1. The van der Waals surface area contributed by atoms with Crippen molar-refractivity contribution in [3.05, 3.63) is 83.5 Å². The van der Waals surface area contributed by atoms with Gasteiger partial charge in [0.05, 0.1) is 36.6 Å². The number of rotatable bonds is 8. The topological polar surface area (TPSA) is 88.4 Å². The highest BCUT2D eigenvalue weighted by Crippen LogP contribution is 2.37. The van der Waals surface area contributed by atoms with Gasteiger partial charge in [-0.2, -0.15) is 0 Å². The molecule has 0 saturated heterocycles. The Labute approximate surface area is 228 Å². The highest BCUT2D eigenvalue weighted by molar-refractivity contribution is 7.07. The van der Waals surface area contributed by atoms with Crippen molar-refractivity contribution in [2.45, 2.75) is 19.9 Å². The molecule has 1 aromatic heterocycles. The van der Waals surface area contributed by atoms with Gasteiger partial charge in [-0.05, 0) is 55.8 Å². The largest absolute Gasteiger partial charge is 0.496 e. The number of allylic oxidation sites excluding steroid dienone is 1. The van der Waals surface area contributed by atoms with Crippen molar-refractivity contribution in [2.75, 3.05) is 27.4 Å². The molecule has 2 aromatic carbocycles. The molecule has 0 amide bonds. The molecule has 0 spiro atoms. The van der Waals surface area contributed by atoms with Crippen molar-refractivity contribution in [1.29, 1.82) is 0 Å². The summed E-state index contributed by atoms with van der Waals surface area (Å²) in [5.41, 5.74) is 1.58. The number of methoxy groups -OCH3 is 2. The smallest absolute Gasteiger partial charge is 0.338 e. The van der Waals surface area contributed by atoms with E-state index in [0.29, 0.717) is 55.0 Å². The van der Waals surface area contributed by atoms with Gasteiger partial charge in [-0.1, -0.05) is 34.9 Å². The lowest BCUT2D eigenvalue weighted by atomic mass is 9.95. The van der Waals surface area contributed by atoms with E-state index in [1.165, 1.54) is 30.1 Å². The molecule has 196 valence electrons. The molecule has 1 atom stereocenters. The van der Waals surface area contributed by atoms with Gasteiger partial charge < -0.3 is 18.9 Å². The summed E-state index contributed by atoms with van der Waals surface area (Å²) in [6, 6.07) is 9.50. The summed E-state index contributed by atoms with van der Waals surface area (Å²) in [5, 5.41) is 0.428. The maximum atomic E-state index is 13.8. The molecule has 38 heavy (non-hydrogen) atoms. The number of halogens is 1. The maximum absolute atomic E-state index is 13.8. The normalized spacial score (nSPS) is 14.8. The molecule has 0 unspecified atom stereocenters. The first-order chi connectivity index (χ1) is 18.3. The zero-order chi connectivity index (χ0) is 27.4. The Morgan fingerprint density at radius 1 is 1.18 bits per heavy atom. The number of carbonyl (C=O) groups excluding carboxylic acids is 1. The third-order valence-corrected chi connectivity index (χ3v) is 7.01. The first-order valence-electron chi connectivity index (χ1n) is 11.6. The second-order valence-corrected chi connectivity index (χ2v) is 9.54. The fourth-order valence-corrected chi connectivity index (χ4v) is 5.41. The Kier molecular flexibility index (Phi) is 8.25. The predicted octanol–water partition coefficient (Wildman–Crippen LogP) is 3.48. The van der Waals surface area contributed by atoms with Crippen LogP contribution >= 0.6 is 22.9 Å². The van der Waals surface area contributed by atoms with Crippen LogP contribution in [0.2, 0.25) is 5.02 Å². The molecule has 0 N–H and O–H groups in total. The average Bonchev–Trinajstić information content (AvgIpc) is 3.21. The summed E-state index contributed by atoms with van der Waals surface area (Å²) in [5.74, 6) is 3.32. The van der Waals surface area contributed by atoms with Gasteiger partial charge in [-0.15, -0.1) is 6.42 Å². The van der Waals surface area contributed by atoms with Crippen LogP contribution in [-0.4, -0.2) is 38.0 Å². The van der Waals surface area contributed by atoms with E-state index in [-0.39, 0.29) is 17.7 Å². The van der Waals surface area contributed by atoms with Gasteiger partial charge >= 0.3 is 5.97 Å². The van der Waals surface area contributed by atoms with E-state index in [2.05, 4.69) is 10.9 Å². The van der Waals surface area contributed by atoms with Crippen LogP contribution in [0.5, 0.6) is 17.2 Å². The Morgan fingerprint density at radius 2 is 1.95 bits per heavy atom. The zero-order valence-corrected chi connectivity index (χ0v) is 22.8. The van der Waals surface area contributed by atoms with Gasteiger partial charge in [0.25, 0.3) is 5.56 Å². The number of carbonyl (C=O) groups is 1. The third-order valence-electron chi connectivity index (χ3n) is 5.79. The first kappa shape index (κ1) is 27.0. The summed E-state index contributed by atoms with van der Waals surface area (Å²) in [6.07, 6.45) is 7.05. The maximum Gasteiger partial charge on any atom is 0.338 e. The summed E-state index contributed by atoms with van der Waals surface area (Å²) in [4.78, 5) is 31.7. The summed E-state index contributed by atoms with van der Waals surface area (Å²) in [7, 11) is 2.80. The van der Waals surface area contributed by atoms with E-state index in [9.17, 15) is 9.59 Å². The molecule has 3 aromatic rings. The van der Waals surface area contributed by atoms with Crippen LogP contribution in [0.3, 0.4) is 0 Å². The minimum Gasteiger partial charge on any atom is -0.496 e. The second-order valence-electron chi connectivity index (χ2n) is 8.09. The number of terminal acetylenes is 1. The lowest BCUT2D eigenvalue weighted by molar-refractivity contribution is -0.136. The van der Waals surface area contributed by atoms with Crippen molar-refractivity contribution in [2.24, 2.45) is 4.99 Å². The van der Waals surface area contributed by atoms with E-state index in [4.69, 9.17) is 37.0 Å². The standard InChI is InChI=1S/C28H25ClN2O6S/c1-6-12-37-21-10-8-17(13-22(21)36-7-2)14-23-26(32)31-25(19-15-18(29)9-11-20(19)34-4)24(27(33)35-5)16(3)30-28(31)38-23/h1,8-11,13-15,25H,7,12H2,2-5H3/b23-14-/t25-/m1/s1. The number of thiazole rings is 1. The molecule has 0 bridgehead atoms. The van der Waals surface area contributed by atoms with Gasteiger partial charge in [0.15, 0.2) is 16.3 Å². The van der Waals surface area contributed by atoms with Crippen LogP contribution < -0.4 is 29.1 Å². The molecule has 0 fully saturated rings. The Balaban J connectivity index is 1.93. The Hall–Kier alpha value is -4.00. The van der Waals surface area contributed by atoms with Crippen LogP contribution in [0.4, 0.5) is 0 Å². The van der Waals surface area contributed by atoms with Gasteiger partial charge in [0.1, 0.15) is 18.4 Å². The first-order valence-corrected chi connectivity index (χ1v) is 12.8. The molecular formula is C28H25ClN2O6S. The minimum absolute atomic E-state index is 0.104. The number of hydrogen-bond donors (Lipinski definition) is 0. The molecule has 4 rings (SSSR count). The molecule has 10 heteroatoms. The molecule has 8 nitrogen and oxygen atoms in total. The highest BCUT2D eigenvalue weighted by atomic mass is 35.5. The van der Waals surface area contributed by atoms with Crippen molar-refractivity contribution in [1.82, 2.24) is 4.57 Å². The van der Waals surface area contributed by atoms with Crippen molar-refractivity contribution in [3.63, 3.8) is 0 Å². The lowest BCUT2D eigenvalue weighted by Gasteiger charge is -2.25. The van der Waals surface area contributed by atoms with Crippen LogP contribution in [0.25, 0.3) is 6.08 Å². The van der Waals surface area contributed by atoms with E-state index in [1.807, 2.05) is 6.92 Å². The number of esters is 1. The zero-order valence-electron chi connectivity index (χ0n) is 21.2. The Morgan fingerprint density at radius 3 is 2.63 bits per heavy atom. The van der Waals surface area contributed by atoms with Crippen molar-refractivity contribution >= 4 is 35.0 Å². The minimum atomic E-state index is -0.854. The van der Waals surface area contributed by atoms with Crippen LogP contribution in [0.1, 0.15) is 31.0 Å². The summed E-state index contributed by atoms with van der Waals surface area (Å²) < 4.78 is 23.8. The molecule has 0 saturated carbocycles. The van der Waals surface area contributed by atoms with Crippen LogP contribution in [0, 0.1) is 12.3 Å². The quantitative estimate of drug-likeness (QED) is 0.314. The third kappa shape index (κ3) is 5.19. The number of nitrogens with zero attached hydrogens (tertiary/aromatic N) is 2. The molecule has 0 aliphatic carbocycles. The van der Waals surface area contributed by atoms with Gasteiger partial charge in [-0.25, -0.2) is 9.79 Å². The SMILES string of the molecule is C#CCOc1ccc(/C=c2\sc3n(c2=O)[C@H](c2cc(Cl)ccc2OC)C(C(=O)OC)=C(C)N=3)cc1OCC. The van der Waals surface area contributed by atoms with E-state index in [1.54, 1.807) is 49.4 Å². The number of ether oxygens (including phenoxy) is 4. The lowest BCUT2D eigenvalue weighted by Crippen LogP contribution is -2.40. The number of fused-ring (bicyclic) bond motifs is 1. The van der Waals surface area contributed by atoms with Crippen LogP contribution in [-0.2, 0) is 9.53 Å². The fourth-order valence-electron chi connectivity index (χ4n) is 4.18. The van der Waals surface area contributed by atoms with Crippen molar-refractivity contribution < 1.29 is 23.7 Å². The van der Waals surface area contributed by atoms with Gasteiger partial charge in [0, 0.05) is 10.6 Å². The highest BCUT2D eigenvalue weighted by Gasteiger charge is 2.35. The average molecular weight is 553 g/mol. The summed E-state index contributed by atoms with van der Waals surface area (Å²) in [6.45, 7) is 4.10. The molecular weight excluding hydrogens is 528 g/mol. The van der Waals surface area contributed by atoms with Gasteiger partial charge in [-0.3, -0.25) is 9.36 Å². The predicted molar refractivity (Wildman–Crippen MR) is 146 cm³/mol. The number of benzene rings is 2. The Bertz CT molecular complexity index is 1650. The van der Waals surface area contributed by atoms with E-state index < -0.39 is 12.0 Å². The van der Waals surface area contributed by atoms with Crippen LogP contribution in [0.15, 0.2) is 57.5 Å². The molecule has 2 heterocycles. The van der Waals surface area contributed by atoms with E-state index >= 15 is 0 Å². The molecule has 1 aliphatic rings. The summed E-state index contributed by atoms with van der Waals surface area (Å²) >= 11 is 7.52.